The summed E-state index contributed by atoms with van der Waals surface area (Å²) in [6.07, 6.45) is -3.73. The van der Waals surface area contributed by atoms with Crippen molar-refractivity contribution in [1.29, 1.82) is 5.26 Å². The second kappa shape index (κ2) is 9.36. The molecule has 12 heteroatoms. The third-order valence-corrected chi connectivity index (χ3v) is 3.29. The van der Waals surface area contributed by atoms with Crippen LogP contribution in [0.4, 0.5) is 10.5 Å². The van der Waals surface area contributed by atoms with Crippen LogP contribution >= 0.6 is 0 Å². The lowest BCUT2D eigenvalue weighted by molar-refractivity contribution is -0.386. The summed E-state index contributed by atoms with van der Waals surface area (Å²) in [6.45, 7) is 4.65. The minimum atomic E-state index is -1.88. The molecule has 1 rings (SSSR count). The minimum Gasteiger partial charge on any atom is -0.480 e. The van der Waals surface area contributed by atoms with E-state index in [4.69, 9.17) is 14.7 Å². The highest BCUT2D eigenvalue weighted by molar-refractivity contribution is 5.81. The summed E-state index contributed by atoms with van der Waals surface area (Å²) in [5, 5.41) is 40.8. The highest BCUT2D eigenvalue weighted by atomic mass is 16.6. The summed E-state index contributed by atoms with van der Waals surface area (Å²) in [6, 6.07) is 3.33. The largest absolute Gasteiger partial charge is 0.480 e. The first-order valence-electron chi connectivity index (χ1n) is 8.15. The lowest BCUT2D eigenvalue weighted by atomic mass is 10.1. The number of carboxylic acid groups (broad SMARTS) is 2. The topological polar surface area (TPSA) is 189 Å². The molecule has 0 bridgehead atoms. The third-order valence-electron chi connectivity index (χ3n) is 3.29. The van der Waals surface area contributed by atoms with E-state index in [9.17, 15) is 34.7 Å². The average Bonchev–Trinajstić information content (AvgIpc) is 2.57. The number of nitriles is 1. The van der Waals surface area contributed by atoms with Gasteiger partial charge in [0.15, 0.2) is 11.9 Å². The number of hydrogen-bond donors (Lipinski definition) is 3. The van der Waals surface area contributed by atoms with Crippen molar-refractivity contribution >= 4 is 23.7 Å². The lowest BCUT2D eigenvalue weighted by Crippen LogP contribution is -2.47. The Balaban J connectivity index is 3.11. The van der Waals surface area contributed by atoms with E-state index in [1.165, 1.54) is 6.07 Å². The number of carboxylic acids is 2. The van der Waals surface area contributed by atoms with Crippen LogP contribution in [0.25, 0.3) is 0 Å². The summed E-state index contributed by atoms with van der Waals surface area (Å²) in [7, 11) is 0. The number of nitro benzene ring substituents is 1. The van der Waals surface area contributed by atoms with E-state index in [0.717, 1.165) is 12.1 Å². The molecule has 0 aliphatic heterocycles. The number of alkyl carbamates (subject to hydrolysis) is 1. The third kappa shape index (κ3) is 6.98. The first-order valence-corrected chi connectivity index (χ1v) is 8.15. The molecule has 1 aromatic rings. The zero-order valence-corrected chi connectivity index (χ0v) is 15.7. The van der Waals surface area contributed by atoms with Gasteiger partial charge in [-0.15, -0.1) is 0 Å². The molecule has 0 fully saturated rings. The number of para-hydroxylation sites is 1. The normalized spacial score (nSPS) is 12.8. The van der Waals surface area contributed by atoms with Crippen molar-refractivity contribution in [2.24, 2.45) is 0 Å². The Morgan fingerprint density at radius 2 is 1.90 bits per heavy atom. The molecular weight excluding hydrogens is 390 g/mol. The Morgan fingerprint density at radius 3 is 2.34 bits per heavy atom. The predicted octanol–water partition coefficient (Wildman–Crippen LogP) is 1.67. The molecule has 12 nitrogen and oxygen atoms in total. The fourth-order valence-electron chi connectivity index (χ4n) is 2.13. The van der Waals surface area contributed by atoms with E-state index in [2.05, 4.69) is 0 Å². The van der Waals surface area contributed by atoms with Crippen LogP contribution in [0.2, 0.25) is 0 Å². The van der Waals surface area contributed by atoms with Crippen molar-refractivity contribution in [3.05, 3.63) is 33.9 Å². The van der Waals surface area contributed by atoms with Gasteiger partial charge in [0.1, 0.15) is 23.3 Å². The first-order chi connectivity index (χ1) is 13.4. The summed E-state index contributed by atoms with van der Waals surface area (Å²) in [5.74, 6) is -3.72. The van der Waals surface area contributed by atoms with Crippen molar-refractivity contribution in [3.8, 4) is 11.8 Å². The van der Waals surface area contributed by atoms with Crippen LogP contribution in [0, 0.1) is 21.4 Å². The molecule has 1 aromatic carbocycles. The van der Waals surface area contributed by atoms with E-state index >= 15 is 0 Å². The van der Waals surface area contributed by atoms with Gasteiger partial charge in [0.05, 0.1) is 4.92 Å². The number of carbonyl (C=O) groups is 3. The molecule has 3 N–H and O–H groups in total. The van der Waals surface area contributed by atoms with Crippen LogP contribution in [-0.4, -0.2) is 50.9 Å². The summed E-state index contributed by atoms with van der Waals surface area (Å²) in [5.41, 5.74) is -2.04. The van der Waals surface area contributed by atoms with E-state index in [1.54, 1.807) is 26.8 Å². The quantitative estimate of drug-likeness (QED) is 0.420. The number of ether oxygens (including phenoxy) is 2. The molecule has 0 aliphatic carbocycles. The van der Waals surface area contributed by atoms with Gasteiger partial charge in [0, 0.05) is 6.42 Å². The van der Waals surface area contributed by atoms with Gasteiger partial charge in [-0.25, -0.2) is 14.4 Å². The van der Waals surface area contributed by atoms with Crippen LogP contribution in [-0.2, 0) is 14.3 Å². The number of aliphatic carboxylic acids is 2. The Morgan fingerprint density at radius 1 is 1.28 bits per heavy atom. The maximum absolute atomic E-state index is 11.8. The molecule has 0 radical (unpaired) electrons. The fourth-order valence-corrected chi connectivity index (χ4v) is 2.13. The van der Waals surface area contributed by atoms with Gasteiger partial charge < -0.3 is 25.0 Å². The smallest absolute Gasteiger partial charge is 0.408 e. The van der Waals surface area contributed by atoms with Gasteiger partial charge in [-0.2, -0.15) is 5.26 Å². The summed E-state index contributed by atoms with van der Waals surface area (Å²) >= 11 is 0. The average molecular weight is 409 g/mol. The van der Waals surface area contributed by atoms with Crippen LogP contribution < -0.4 is 10.1 Å². The van der Waals surface area contributed by atoms with Crippen LogP contribution in [0.5, 0.6) is 5.75 Å². The molecular formula is C17H19N3O9. The number of carbonyl (C=O) groups excluding carboxylic acids is 1. The second-order valence-electron chi connectivity index (χ2n) is 6.74. The maximum Gasteiger partial charge on any atom is 0.408 e. The molecule has 1 amide bonds. The molecule has 0 spiro atoms. The monoisotopic (exact) mass is 409 g/mol. The molecule has 2 atom stereocenters. The summed E-state index contributed by atoms with van der Waals surface area (Å²) < 4.78 is 10.1. The minimum absolute atomic E-state index is 0.363. The number of amides is 1. The number of nitro groups is 1. The summed E-state index contributed by atoms with van der Waals surface area (Å²) in [4.78, 5) is 45.0. The van der Waals surface area contributed by atoms with Crippen molar-refractivity contribution in [2.75, 3.05) is 0 Å². The standard InChI is InChI=1S/C17H19N3O9/c1-17(2,3)29-16(25)19-10(14(21)22)7-12(15(23)24)28-11-6-4-5-9(8-18)13(11)20(26)27/h4-6,10,12H,7H2,1-3H3,(H,19,25)(H,21,22)(H,23,24). The second-order valence-corrected chi connectivity index (χ2v) is 6.74. The molecule has 29 heavy (non-hydrogen) atoms. The molecule has 0 saturated carbocycles. The molecule has 0 heterocycles. The van der Waals surface area contributed by atoms with E-state index < -0.39 is 58.6 Å². The molecule has 156 valence electrons. The van der Waals surface area contributed by atoms with E-state index in [1.807, 2.05) is 5.32 Å². The first kappa shape index (κ1) is 23.2. The van der Waals surface area contributed by atoms with Gasteiger partial charge in [0.25, 0.3) is 0 Å². The van der Waals surface area contributed by atoms with Gasteiger partial charge in [0.2, 0.25) is 0 Å². The number of nitrogens with one attached hydrogen (secondary N) is 1. The Hall–Kier alpha value is -3.88. The molecule has 0 saturated heterocycles. The van der Waals surface area contributed by atoms with Gasteiger partial charge >= 0.3 is 23.7 Å². The number of nitrogens with zero attached hydrogens (tertiary/aromatic N) is 2. The van der Waals surface area contributed by atoms with Gasteiger partial charge in [-0.05, 0) is 32.9 Å². The highest BCUT2D eigenvalue weighted by Gasteiger charge is 2.33. The predicted molar refractivity (Wildman–Crippen MR) is 95.3 cm³/mol. The van der Waals surface area contributed by atoms with Gasteiger partial charge in [-0.1, -0.05) is 6.07 Å². The number of hydrogen-bond acceptors (Lipinski definition) is 8. The zero-order chi connectivity index (χ0) is 22.4. The van der Waals surface area contributed by atoms with E-state index in [-0.39, 0.29) is 5.56 Å². The van der Waals surface area contributed by atoms with Crippen molar-refractivity contribution < 1.29 is 39.0 Å². The molecule has 0 aliphatic rings. The van der Waals surface area contributed by atoms with Crippen LogP contribution in [0.15, 0.2) is 18.2 Å². The van der Waals surface area contributed by atoms with Crippen molar-refractivity contribution in [1.82, 2.24) is 5.32 Å². The van der Waals surface area contributed by atoms with Crippen LogP contribution in [0.1, 0.15) is 32.8 Å². The maximum atomic E-state index is 11.8. The Labute approximate surface area is 164 Å². The van der Waals surface area contributed by atoms with Gasteiger partial charge in [-0.3, -0.25) is 10.1 Å². The van der Waals surface area contributed by atoms with Crippen LogP contribution in [0.3, 0.4) is 0 Å². The number of benzene rings is 1. The zero-order valence-electron chi connectivity index (χ0n) is 15.7. The highest BCUT2D eigenvalue weighted by Crippen LogP contribution is 2.31. The lowest BCUT2D eigenvalue weighted by Gasteiger charge is -2.23. The van der Waals surface area contributed by atoms with E-state index in [0.29, 0.717) is 0 Å². The fraction of sp³-hybridized carbons (Fsp3) is 0.412. The molecule has 0 aromatic heterocycles. The Kier molecular flexibility index (Phi) is 7.47. The van der Waals surface area contributed by atoms with Crippen molar-refractivity contribution in [3.63, 3.8) is 0 Å². The molecule has 2 unspecified atom stereocenters. The van der Waals surface area contributed by atoms with Crippen molar-refractivity contribution in [2.45, 2.75) is 44.9 Å². The number of rotatable bonds is 8. The Bertz CT molecular complexity index is 855. The SMILES string of the molecule is CC(C)(C)OC(=O)NC(CC(Oc1cccc(C#N)c1[N+](=O)[O-])C(=O)O)C(=O)O.